The number of aromatic amines is 1. The number of carbonyl (C=O) groups excluding carboxylic acids is 1. The maximum atomic E-state index is 12.1. The minimum atomic E-state index is -0.543. The molecule has 1 aromatic heterocycles. The molecule has 1 N–H and O–H groups in total. The first-order valence-electron chi connectivity index (χ1n) is 6.35. The van der Waals surface area contributed by atoms with E-state index in [-0.39, 0.29) is 17.9 Å². The van der Waals surface area contributed by atoms with Crippen LogP contribution in [-0.2, 0) is 4.74 Å². The van der Waals surface area contributed by atoms with Crippen molar-refractivity contribution < 1.29 is 9.53 Å². The summed E-state index contributed by atoms with van der Waals surface area (Å²) in [5.74, 6) is -0.543. The van der Waals surface area contributed by atoms with Crippen molar-refractivity contribution in [3.8, 4) is 17.3 Å². The molecule has 1 aromatic carbocycles. The first-order valence-corrected chi connectivity index (χ1v) is 6.35. The molecule has 0 aliphatic carbocycles. The Bertz CT molecular complexity index is 770. The molecule has 21 heavy (non-hydrogen) atoms. The fraction of sp³-hybridized carbons (Fsp3) is 0.200. The van der Waals surface area contributed by atoms with Crippen molar-refractivity contribution in [2.45, 2.75) is 13.8 Å². The zero-order valence-electron chi connectivity index (χ0n) is 11.6. The Morgan fingerprint density at radius 1 is 1.38 bits per heavy atom. The second-order valence-corrected chi connectivity index (χ2v) is 4.30. The van der Waals surface area contributed by atoms with E-state index in [4.69, 9.17) is 10.00 Å². The summed E-state index contributed by atoms with van der Waals surface area (Å²) in [5, 5.41) is 8.81. The molecule has 0 bridgehead atoms. The van der Waals surface area contributed by atoms with Gasteiger partial charge in [-0.2, -0.15) is 10.2 Å². The molecule has 0 aliphatic heterocycles. The largest absolute Gasteiger partial charge is 0.462 e. The van der Waals surface area contributed by atoms with Gasteiger partial charge in [0.1, 0.15) is 5.56 Å². The molecule has 0 atom stereocenters. The van der Waals surface area contributed by atoms with Gasteiger partial charge in [-0.3, -0.25) is 0 Å². The van der Waals surface area contributed by atoms with Crippen LogP contribution in [0.15, 0.2) is 29.1 Å². The summed E-state index contributed by atoms with van der Waals surface area (Å²) in [6, 6.07) is 8.49. The molecule has 0 aliphatic rings. The molecule has 2 aromatic rings. The zero-order chi connectivity index (χ0) is 15.4. The highest BCUT2D eigenvalue weighted by Crippen LogP contribution is 2.23. The van der Waals surface area contributed by atoms with Crippen LogP contribution in [0.4, 0.5) is 0 Å². The van der Waals surface area contributed by atoms with Crippen LogP contribution in [0, 0.1) is 18.3 Å². The summed E-state index contributed by atoms with van der Waals surface area (Å²) >= 11 is 0. The van der Waals surface area contributed by atoms with Crippen LogP contribution in [-0.4, -0.2) is 22.5 Å². The number of benzene rings is 1. The summed E-state index contributed by atoms with van der Waals surface area (Å²) in [6.45, 7) is 3.54. The fourth-order valence-electron chi connectivity index (χ4n) is 1.95. The van der Waals surface area contributed by atoms with E-state index in [9.17, 15) is 9.59 Å². The van der Waals surface area contributed by atoms with Gasteiger partial charge in [0, 0.05) is 11.3 Å². The smallest absolute Gasteiger partial charge is 0.345 e. The van der Waals surface area contributed by atoms with Crippen molar-refractivity contribution in [1.29, 1.82) is 5.26 Å². The number of ether oxygens (including phenoxy) is 1. The van der Waals surface area contributed by atoms with E-state index in [0.717, 1.165) is 0 Å². The normalized spacial score (nSPS) is 9.95. The van der Waals surface area contributed by atoms with Gasteiger partial charge in [-0.25, -0.2) is 9.59 Å². The standard InChI is InChI=1S/C15H13N3O3/c1-3-21-14(19)12-9(2)17-15(20)18-13(12)11-6-4-10(8-16)5-7-11/h4-7H,3H2,1-2H3,(H,17,18,20). The molecule has 0 radical (unpaired) electrons. The maximum absolute atomic E-state index is 12.1. The Kier molecular flexibility index (Phi) is 4.14. The summed E-state index contributed by atoms with van der Waals surface area (Å²) in [7, 11) is 0. The molecule has 6 nitrogen and oxygen atoms in total. The van der Waals surface area contributed by atoms with Crippen LogP contribution in [0.1, 0.15) is 28.5 Å². The fourth-order valence-corrected chi connectivity index (χ4v) is 1.95. The maximum Gasteiger partial charge on any atom is 0.345 e. The van der Waals surface area contributed by atoms with Crippen LogP contribution < -0.4 is 5.69 Å². The van der Waals surface area contributed by atoms with E-state index >= 15 is 0 Å². The Morgan fingerprint density at radius 3 is 2.62 bits per heavy atom. The predicted octanol–water partition coefficient (Wildman–Crippen LogP) is 1.79. The van der Waals surface area contributed by atoms with E-state index in [0.29, 0.717) is 16.8 Å². The van der Waals surface area contributed by atoms with E-state index in [1.807, 2.05) is 6.07 Å². The number of aromatic nitrogens is 2. The topological polar surface area (TPSA) is 95.8 Å². The molecular weight excluding hydrogens is 270 g/mol. The number of carbonyl (C=O) groups is 1. The number of nitrogens with zero attached hydrogens (tertiary/aromatic N) is 2. The number of hydrogen-bond acceptors (Lipinski definition) is 5. The van der Waals surface area contributed by atoms with Gasteiger partial charge in [-0.15, -0.1) is 0 Å². The van der Waals surface area contributed by atoms with Crippen LogP contribution >= 0.6 is 0 Å². The molecule has 106 valence electrons. The Hall–Kier alpha value is -2.94. The number of aryl methyl sites for hydroxylation is 1. The second kappa shape index (κ2) is 6.01. The molecule has 0 spiro atoms. The van der Waals surface area contributed by atoms with Gasteiger partial charge in [0.05, 0.1) is 23.9 Å². The van der Waals surface area contributed by atoms with Gasteiger partial charge in [0.2, 0.25) is 0 Å². The lowest BCUT2D eigenvalue weighted by Crippen LogP contribution is -2.19. The third kappa shape index (κ3) is 2.98. The molecular formula is C15H13N3O3. The number of rotatable bonds is 3. The number of H-pyrrole nitrogens is 1. The summed E-state index contributed by atoms with van der Waals surface area (Å²) in [5.41, 5.74) is 1.39. The molecule has 6 heteroatoms. The Morgan fingerprint density at radius 2 is 2.05 bits per heavy atom. The molecule has 0 amide bonds. The van der Waals surface area contributed by atoms with Crippen molar-refractivity contribution in [3.05, 3.63) is 51.6 Å². The highest BCUT2D eigenvalue weighted by molar-refractivity contribution is 5.97. The minimum absolute atomic E-state index is 0.223. The highest BCUT2D eigenvalue weighted by atomic mass is 16.5. The highest BCUT2D eigenvalue weighted by Gasteiger charge is 2.19. The van der Waals surface area contributed by atoms with Crippen LogP contribution in [0.25, 0.3) is 11.3 Å². The number of hydrogen-bond donors (Lipinski definition) is 1. The van der Waals surface area contributed by atoms with Crippen molar-refractivity contribution >= 4 is 5.97 Å². The lowest BCUT2D eigenvalue weighted by atomic mass is 10.0. The third-order valence-electron chi connectivity index (χ3n) is 2.89. The van der Waals surface area contributed by atoms with Crippen molar-refractivity contribution in [1.82, 2.24) is 9.97 Å². The SMILES string of the molecule is CCOC(=O)c1c(-c2ccc(C#N)cc2)nc(=O)[nH]c1C. The van der Waals surface area contributed by atoms with Gasteiger partial charge < -0.3 is 9.72 Å². The van der Waals surface area contributed by atoms with E-state index < -0.39 is 11.7 Å². The van der Waals surface area contributed by atoms with Crippen LogP contribution in [0.3, 0.4) is 0 Å². The summed E-state index contributed by atoms with van der Waals surface area (Å²) < 4.78 is 5.00. The Labute approximate surface area is 121 Å². The van der Waals surface area contributed by atoms with Crippen molar-refractivity contribution in [2.75, 3.05) is 6.61 Å². The third-order valence-corrected chi connectivity index (χ3v) is 2.89. The average molecular weight is 283 g/mol. The van der Waals surface area contributed by atoms with Gasteiger partial charge in [-0.1, -0.05) is 12.1 Å². The zero-order valence-corrected chi connectivity index (χ0v) is 11.6. The molecule has 0 fully saturated rings. The molecule has 1 heterocycles. The summed E-state index contributed by atoms with van der Waals surface area (Å²) in [4.78, 5) is 30.0. The van der Waals surface area contributed by atoms with Gasteiger partial charge in [0.25, 0.3) is 0 Å². The molecule has 2 rings (SSSR count). The van der Waals surface area contributed by atoms with E-state index in [1.165, 1.54) is 0 Å². The van der Waals surface area contributed by atoms with Gasteiger partial charge in [-0.05, 0) is 26.0 Å². The minimum Gasteiger partial charge on any atom is -0.462 e. The second-order valence-electron chi connectivity index (χ2n) is 4.30. The van der Waals surface area contributed by atoms with E-state index in [2.05, 4.69) is 9.97 Å². The predicted molar refractivity (Wildman–Crippen MR) is 75.7 cm³/mol. The average Bonchev–Trinajstić information content (AvgIpc) is 2.46. The lowest BCUT2D eigenvalue weighted by Gasteiger charge is -2.10. The van der Waals surface area contributed by atoms with Gasteiger partial charge >= 0.3 is 11.7 Å². The van der Waals surface area contributed by atoms with E-state index in [1.54, 1.807) is 38.1 Å². The summed E-state index contributed by atoms with van der Waals surface area (Å²) in [6.07, 6.45) is 0. The van der Waals surface area contributed by atoms with Crippen LogP contribution in [0.2, 0.25) is 0 Å². The molecule has 0 saturated heterocycles. The lowest BCUT2D eigenvalue weighted by molar-refractivity contribution is 0.0525. The van der Waals surface area contributed by atoms with Gasteiger partial charge in [0.15, 0.2) is 0 Å². The number of nitriles is 1. The first kappa shape index (κ1) is 14.5. The van der Waals surface area contributed by atoms with Crippen molar-refractivity contribution in [3.63, 3.8) is 0 Å². The monoisotopic (exact) mass is 283 g/mol. The Balaban J connectivity index is 2.63. The first-order chi connectivity index (χ1) is 10.1. The van der Waals surface area contributed by atoms with Crippen LogP contribution in [0.5, 0.6) is 0 Å². The van der Waals surface area contributed by atoms with Crippen molar-refractivity contribution in [2.24, 2.45) is 0 Å². The molecule has 0 unspecified atom stereocenters. The molecule has 0 saturated carbocycles. The quantitative estimate of drug-likeness (QED) is 0.866. The number of nitrogens with one attached hydrogen (secondary N) is 1. The number of esters is 1.